The summed E-state index contributed by atoms with van der Waals surface area (Å²) in [6, 6.07) is 14.3. The predicted molar refractivity (Wildman–Crippen MR) is 77.9 cm³/mol. The minimum Gasteiger partial charge on any atom is -0.461 e. The average Bonchev–Trinajstić information content (AvgIpc) is 2.45. The molecule has 0 saturated heterocycles. The minimum atomic E-state index is -0.0957. The van der Waals surface area contributed by atoms with Crippen LogP contribution < -0.4 is 0 Å². The van der Waals surface area contributed by atoms with Crippen LogP contribution in [0.5, 0.6) is 0 Å². The molecule has 0 aliphatic rings. The number of benzene rings is 2. The Bertz CT molecular complexity index is 546. The summed E-state index contributed by atoms with van der Waals surface area (Å²) >= 11 is 0. The lowest BCUT2D eigenvalue weighted by Gasteiger charge is -2.06. The second-order valence-corrected chi connectivity index (χ2v) is 4.80. The van der Waals surface area contributed by atoms with Crippen LogP contribution in [0.15, 0.2) is 42.5 Å². The van der Waals surface area contributed by atoms with Crippen LogP contribution in [-0.2, 0) is 16.1 Å². The molecule has 0 aliphatic heterocycles. The molecule has 0 N–H and O–H groups in total. The molecule has 0 heterocycles. The molecule has 0 amide bonds. The van der Waals surface area contributed by atoms with E-state index in [9.17, 15) is 4.79 Å². The van der Waals surface area contributed by atoms with Gasteiger partial charge in [-0.1, -0.05) is 56.2 Å². The Balaban J connectivity index is 1.89. The van der Waals surface area contributed by atoms with Crippen molar-refractivity contribution in [1.82, 2.24) is 0 Å². The molecule has 19 heavy (non-hydrogen) atoms. The van der Waals surface area contributed by atoms with Gasteiger partial charge >= 0.3 is 5.97 Å². The lowest BCUT2D eigenvalue weighted by Crippen LogP contribution is -2.04. The smallest absolute Gasteiger partial charge is 0.306 e. The fourth-order valence-electron chi connectivity index (χ4n) is 2.08. The largest absolute Gasteiger partial charge is 0.461 e. The lowest BCUT2D eigenvalue weighted by molar-refractivity contribution is -0.145. The van der Waals surface area contributed by atoms with Crippen LogP contribution >= 0.6 is 0 Å². The summed E-state index contributed by atoms with van der Waals surface area (Å²) in [4.78, 5) is 11.5. The van der Waals surface area contributed by atoms with Crippen molar-refractivity contribution in [2.45, 2.75) is 39.2 Å². The van der Waals surface area contributed by atoms with Gasteiger partial charge in [0.25, 0.3) is 0 Å². The lowest BCUT2D eigenvalue weighted by atomic mass is 10.1. The molecule has 0 radical (unpaired) electrons. The summed E-state index contributed by atoms with van der Waals surface area (Å²) in [5.41, 5.74) is 1.04. The molecule has 100 valence electrons. The number of ether oxygens (including phenoxy) is 1. The van der Waals surface area contributed by atoms with Gasteiger partial charge < -0.3 is 4.74 Å². The van der Waals surface area contributed by atoms with Gasteiger partial charge in [0.2, 0.25) is 0 Å². The molecule has 0 aromatic heterocycles. The maximum atomic E-state index is 11.5. The van der Waals surface area contributed by atoms with Gasteiger partial charge in [0.05, 0.1) is 0 Å². The van der Waals surface area contributed by atoms with Crippen molar-refractivity contribution in [2.24, 2.45) is 0 Å². The van der Waals surface area contributed by atoms with Crippen LogP contribution in [0, 0.1) is 0 Å². The highest BCUT2D eigenvalue weighted by Crippen LogP contribution is 2.16. The molecule has 0 aliphatic carbocycles. The Morgan fingerprint density at radius 1 is 1.05 bits per heavy atom. The summed E-state index contributed by atoms with van der Waals surface area (Å²) in [5, 5.41) is 2.39. The number of carbonyl (C=O) groups is 1. The first kappa shape index (κ1) is 13.6. The van der Waals surface area contributed by atoms with Gasteiger partial charge in [0.15, 0.2) is 0 Å². The first-order chi connectivity index (χ1) is 9.29. The van der Waals surface area contributed by atoms with Gasteiger partial charge in [-0.05, 0) is 28.8 Å². The topological polar surface area (TPSA) is 26.3 Å². The summed E-state index contributed by atoms with van der Waals surface area (Å²) in [7, 11) is 0. The normalized spacial score (nSPS) is 10.6. The van der Waals surface area contributed by atoms with Crippen molar-refractivity contribution in [3.05, 3.63) is 48.0 Å². The molecule has 0 atom stereocenters. The van der Waals surface area contributed by atoms with Crippen LogP contribution in [0.4, 0.5) is 0 Å². The van der Waals surface area contributed by atoms with Gasteiger partial charge in [-0.2, -0.15) is 0 Å². The second kappa shape index (κ2) is 6.93. The maximum absolute atomic E-state index is 11.5. The van der Waals surface area contributed by atoms with Crippen LogP contribution in [-0.4, -0.2) is 5.97 Å². The third kappa shape index (κ3) is 4.09. The van der Waals surface area contributed by atoms with Gasteiger partial charge in [0.1, 0.15) is 6.61 Å². The van der Waals surface area contributed by atoms with Crippen molar-refractivity contribution < 1.29 is 9.53 Å². The van der Waals surface area contributed by atoms with Gasteiger partial charge in [-0.25, -0.2) is 0 Å². The number of hydrogen-bond donors (Lipinski definition) is 0. The zero-order valence-corrected chi connectivity index (χ0v) is 11.4. The highest BCUT2D eigenvalue weighted by atomic mass is 16.5. The molecular weight excluding hydrogens is 236 g/mol. The molecule has 2 rings (SSSR count). The van der Waals surface area contributed by atoms with Crippen molar-refractivity contribution in [3.63, 3.8) is 0 Å². The van der Waals surface area contributed by atoms with Crippen LogP contribution in [0.3, 0.4) is 0 Å². The van der Waals surface area contributed by atoms with E-state index in [4.69, 9.17) is 4.74 Å². The third-order valence-electron chi connectivity index (χ3n) is 3.20. The fourth-order valence-corrected chi connectivity index (χ4v) is 2.08. The van der Waals surface area contributed by atoms with Gasteiger partial charge in [0, 0.05) is 6.42 Å². The van der Waals surface area contributed by atoms with Crippen LogP contribution in [0.1, 0.15) is 38.2 Å². The Morgan fingerprint density at radius 3 is 2.63 bits per heavy atom. The molecule has 0 saturated carbocycles. The SMILES string of the molecule is CCCCCC(=O)OCc1ccc2ccccc2c1. The van der Waals surface area contributed by atoms with Crippen molar-refractivity contribution >= 4 is 16.7 Å². The number of esters is 1. The van der Waals surface area contributed by atoms with E-state index < -0.39 is 0 Å². The number of fused-ring (bicyclic) bond motifs is 1. The third-order valence-corrected chi connectivity index (χ3v) is 3.20. The van der Waals surface area contributed by atoms with Crippen molar-refractivity contribution in [1.29, 1.82) is 0 Å². The van der Waals surface area contributed by atoms with E-state index in [0.717, 1.165) is 24.8 Å². The van der Waals surface area contributed by atoms with E-state index in [-0.39, 0.29) is 5.97 Å². The summed E-state index contributed by atoms with van der Waals surface area (Å²) < 4.78 is 5.28. The number of rotatable bonds is 6. The van der Waals surface area contributed by atoms with E-state index in [0.29, 0.717) is 13.0 Å². The average molecular weight is 256 g/mol. The Labute approximate surface area is 114 Å². The Hall–Kier alpha value is -1.83. The predicted octanol–water partition coefficient (Wildman–Crippen LogP) is 4.46. The number of carbonyl (C=O) groups excluding carboxylic acids is 1. The molecule has 0 bridgehead atoms. The zero-order valence-electron chi connectivity index (χ0n) is 11.4. The van der Waals surface area contributed by atoms with Crippen molar-refractivity contribution in [3.8, 4) is 0 Å². The van der Waals surface area contributed by atoms with E-state index in [1.807, 2.05) is 18.2 Å². The quantitative estimate of drug-likeness (QED) is 0.563. The fraction of sp³-hybridized carbons (Fsp3) is 0.353. The minimum absolute atomic E-state index is 0.0957. The molecule has 0 unspecified atom stereocenters. The van der Waals surface area contributed by atoms with E-state index in [1.165, 1.54) is 10.8 Å². The molecule has 2 aromatic carbocycles. The number of unbranched alkanes of at least 4 members (excludes halogenated alkanes) is 2. The summed E-state index contributed by atoms with van der Waals surface area (Å²) in [5.74, 6) is -0.0957. The maximum Gasteiger partial charge on any atom is 0.306 e. The Morgan fingerprint density at radius 2 is 1.84 bits per heavy atom. The van der Waals surface area contributed by atoms with Crippen molar-refractivity contribution in [2.75, 3.05) is 0 Å². The molecule has 2 heteroatoms. The molecular formula is C17H20O2. The summed E-state index contributed by atoms with van der Waals surface area (Å²) in [6.07, 6.45) is 3.66. The monoisotopic (exact) mass is 256 g/mol. The standard InChI is InChI=1S/C17H20O2/c1-2-3-4-9-17(18)19-13-14-10-11-15-7-5-6-8-16(15)12-14/h5-8,10-12H,2-4,9,13H2,1H3. The summed E-state index contributed by atoms with van der Waals surface area (Å²) in [6.45, 7) is 2.50. The zero-order chi connectivity index (χ0) is 13.5. The number of hydrogen-bond acceptors (Lipinski definition) is 2. The first-order valence-corrected chi connectivity index (χ1v) is 6.93. The van der Waals surface area contributed by atoms with Crippen LogP contribution in [0.2, 0.25) is 0 Å². The van der Waals surface area contributed by atoms with Crippen LogP contribution in [0.25, 0.3) is 10.8 Å². The van der Waals surface area contributed by atoms with Gasteiger partial charge in [-0.3, -0.25) is 4.79 Å². The molecule has 2 nitrogen and oxygen atoms in total. The van der Waals surface area contributed by atoms with E-state index in [1.54, 1.807) is 0 Å². The highest BCUT2D eigenvalue weighted by molar-refractivity contribution is 5.83. The van der Waals surface area contributed by atoms with E-state index in [2.05, 4.69) is 31.2 Å². The second-order valence-electron chi connectivity index (χ2n) is 4.80. The van der Waals surface area contributed by atoms with E-state index >= 15 is 0 Å². The van der Waals surface area contributed by atoms with Gasteiger partial charge in [-0.15, -0.1) is 0 Å². The highest BCUT2D eigenvalue weighted by Gasteiger charge is 2.03. The molecule has 0 fully saturated rings. The Kier molecular flexibility index (Phi) is 4.96. The first-order valence-electron chi connectivity index (χ1n) is 6.93. The molecule has 0 spiro atoms. The molecule has 2 aromatic rings.